The number of primary amides is 1. The van der Waals surface area contributed by atoms with Crippen LogP contribution in [0.2, 0.25) is 0 Å². The summed E-state index contributed by atoms with van der Waals surface area (Å²) < 4.78 is 28.7. The molecule has 1 saturated carbocycles. The van der Waals surface area contributed by atoms with Crippen LogP contribution in [0.4, 0.5) is 10.1 Å². The number of amides is 3. The van der Waals surface area contributed by atoms with Crippen LogP contribution in [0.1, 0.15) is 63.0 Å². The van der Waals surface area contributed by atoms with Gasteiger partial charge in [0.2, 0.25) is 5.91 Å². The van der Waals surface area contributed by atoms with Gasteiger partial charge in [-0.05, 0) is 60.3 Å². The van der Waals surface area contributed by atoms with E-state index in [4.69, 9.17) is 20.9 Å². The summed E-state index contributed by atoms with van der Waals surface area (Å²) in [5, 5.41) is 3.08. The van der Waals surface area contributed by atoms with E-state index in [2.05, 4.69) is 9.69 Å². The first-order valence-electron chi connectivity index (χ1n) is 12.4. The predicted molar refractivity (Wildman–Crippen MR) is 144 cm³/mol. The molecule has 1 atom stereocenters. The van der Waals surface area contributed by atoms with Gasteiger partial charge >= 0.3 is 0 Å². The third-order valence-corrected chi connectivity index (χ3v) is 7.53. The van der Waals surface area contributed by atoms with Gasteiger partial charge in [-0.2, -0.15) is 4.37 Å². The van der Waals surface area contributed by atoms with Crippen molar-refractivity contribution in [2.24, 2.45) is 5.73 Å². The van der Waals surface area contributed by atoms with Crippen molar-refractivity contribution < 1.29 is 28.2 Å². The van der Waals surface area contributed by atoms with Gasteiger partial charge in [0.25, 0.3) is 11.8 Å². The zero-order valence-electron chi connectivity index (χ0n) is 21.6. The fraction of sp³-hybridized carbons (Fsp3) is 0.333. The van der Waals surface area contributed by atoms with Gasteiger partial charge in [0.05, 0.1) is 19.9 Å². The molecule has 0 saturated heterocycles. The number of nitrogens with zero attached hydrogens (tertiary/aromatic N) is 2. The van der Waals surface area contributed by atoms with Crippen molar-refractivity contribution in [3.63, 3.8) is 0 Å². The molecule has 0 bridgehead atoms. The van der Waals surface area contributed by atoms with E-state index in [-0.39, 0.29) is 28.8 Å². The Labute approximate surface area is 229 Å². The van der Waals surface area contributed by atoms with Crippen molar-refractivity contribution in [2.75, 3.05) is 20.0 Å². The van der Waals surface area contributed by atoms with Crippen LogP contribution in [0.25, 0.3) is 0 Å². The largest absolute Gasteiger partial charge is 0.497 e. The SMILES string of the molecule is COc1ccc(OC)c([C@@H](C(=O)NC2CCCC2)N(Cc2ccc(F)cc2)C(=O)c2snc(C(N)=O)c2N)c1. The lowest BCUT2D eigenvalue weighted by molar-refractivity contribution is -0.126. The number of benzene rings is 2. The summed E-state index contributed by atoms with van der Waals surface area (Å²) in [6, 6.07) is 9.30. The van der Waals surface area contributed by atoms with E-state index in [1.165, 1.54) is 43.4 Å². The molecule has 0 spiro atoms. The normalized spacial score (nSPS) is 14.0. The standard InChI is InChI=1S/C27H30FN5O5S/c1-37-18-11-12-20(38-2)19(13-18)23(26(35)31-17-5-3-4-6-17)33(14-15-7-9-16(28)10-8-15)27(36)24-21(29)22(25(30)34)32-39-24/h7-13,17,23H,3-6,14,29H2,1-2H3,(H2,30,34)(H,31,35)/t23-/m0/s1. The molecule has 10 nitrogen and oxygen atoms in total. The minimum atomic E-state index is -1.20. The Balaban J connectivity index is 1.87. The number of hydrogen-bond donors (Lipinski definition) is 3. The monoisotopic (exact) mass is 555 g/mol. The van der Waals surface area contributed by atoms with Gasteiger partial charge in [-0.25, -0.2) is 4.39 Å². The molecule has 0 aliphatic heterocycles. The molecule has 39 heavy (non-hydrogen) atoms. The molecule has 3 aromatic rings. The number of rotatable bonds is 10. The minimum Gasteiger partial charge on any atom is -0.497 e. The van der Waals surface area contributed by atoms with Crippen molar-refractivity contribution in [1.29, 1.82) is 0 Å². The summed E-state index contributed by atoms with van der Waals surface area (Å²) in [5.74, 6) is -1.60. The highest BCUT2D eigenvalue weighted by atomic mass is 32.1. The Morgan fingerprint density at radius 2 is 1.82 bits per heavy atom. The number of anilines is 1. The Morgan fingerprint density at radius 1 is 1.13 bits per heavy atom. The molecule has 4 rings (SSSR count). The summed E-state index contributed by atoms with van der Waals surface area (Å²) in [6.45, 7) is -0.0918. The highest BCUT2D eigenvalue weighted by Gasteiger charge is 2.37. The molecule has 12 heteroatoms. The maximum Gasteiger partial charge on any atom is 0.270 e. The lowest BCUT2D eigenvalue weighted by atomic mass is 10.00. The number of carbonyl (C=O) groups excluding carboxylic acids is 3. The van der Waals surface area contributed by atoms with Gasteiger partial charge in [0, 0.05) is 18.2 Å². The molecular weight excluding hydrogens is 525 g/mol. The first-order chi connectivity index (χ1) is 18.7. The first-order valence-corrected chi connectivity index (χ1v) is 13.1. The van der Waals surface area contributed by atoms with Crippen molar-refractivity contribution in [3.05, 3.63) is 70.0 Å². The number of halogens is 1. The van der Waals surface area contributed by atoms with E-state index in [0.717, 1.165) is 25.7 Å². The summed E-state index contributed by atoms with van der Waals surface area (Å²) in [5.41, 5.74) is 12.0. The second-order valence-corrected chi connectivity index (χ2v) is 9.97. The zero-order chi connectivity index (χ0) is 28.1. The Kier molecular flexibility index (Phi) is 8.65. The van der Waals surface area contributed by atoms with Crippen molar-refractivity contribution in [3.8, 4) is 11.5 Å². The minimum absolute atomic E-state index is 0.0469. The highest BCUT2D eigenvalue weighted by molar-refractivity contribution is 7.09. The van der Waals surface area contributed by atoms with Crippen LogP contribution in [0, 0.1) is 5.82 Å². The number of nitrogens with two attached hydrogens (primary N) is 2. The summed E-state index contributed by atoms with van der Waals surface area (Å²) >= 11 is 0.714. The molecule has 0 unspecified atom stereocenters. The second-order valence-electron chi connectivity index (χ2n) is 9.20. The summed E-state index contributed by atoms with van der Waals surface area (Å²) in [7, 11) is 2.95. The maximum absolute atomic E-state index is 14.1. The van der Waals surface area contributed by atoms with Crippen molar-refractivity contribution >= 4 is 34.9 Å². The van der Waals surface area contributed by atoms with Gasteiger partial charge in [0.1, 0.15) is 28.2 Å². The molecule has 2 aromatic carbocycles. The van der Waals surface area contributed by atoms with Crippen LogP contribution >= 0.6 is 11.5 Å². The number of aromatic nitrogens is 1. The Bertz CT molecular complexity index is 1360. The molecule has 0 radical (unpaired) electrons. The van der Waals surface area contributed by atoms with E-state index >= 15 is 0 Å². The predicted octanol–water partition coefficient (Wildman–Crippen LogP) is 3.42. The Morgan fingerprint density at radius 3 is 2.41 bits per heavy atom. The zero-order valence-corrected chi connectivity index (χ0v) is 22.4. The number of nitrogen functional groups attached to an aromatic ring is 1. The van der Waals surface area contributed by atoms with Crippen LogP contribution in [0.5, 0.6) is 11.5 Å². The van der Waals surface area contributed by atoms with Gasteiger partial charge in [-0.1, -0.05) is 25.0 Å². The summed E-state index contributed by atoms with van der Waals surface area (Å²) in [4.78, 5) is 41.2. The van der Waals surface area contributed by atoms with E-state index in [9.17, 15) is 18.8 Å². The summed E-state index contributed by atoms with van der Waals surface area (Å²) in [6.07, 6.45) is 3.62. The van der Waals surface area contributed by atoms with Gasteiger partial charge in [-0.15, -0.1) is 0 Å². The number of hydrogen-bond acceptors (Lipinski definition) is 8. The van der Waals surface area contributed by atoms with Gasteiger partial charge < -0.3 is 31.2 Å². The van der Waals surface area contributed by atoms with Crippen molar-refractivity contribution in [1.82, 2.24) is 14.6 Å². The number of methoxy groups -OCH3 is 2. The van der Waals surface area contributed by atoms with Gasteiger partial charge in [-0.3, -0.25) is 14.4 Å². The fourth-order valence-corrected chi connectivity index (χ4v) is 5.44. The average molecular weight is 556 g/mol. The highest BCUT2D eigenvalue weighted by Crippen LogP contribution is 2.37. The van der Waals surface area contributed by atoms with Crippen LogP contribution in [0.15, 0.2) is 42.5 Å². The molecule has 5 N–H and O–H groups in total. The lowest BCUT2D eigenvalue weighted by Gasteiger charge is -2.33. The number of carbonyl (C=O) groups is 3. The van der Waals surface area contributed by atoms with Crippen LogP contribution < -0.4 is 26.3 Å². The lowest BCUT2D eigenvalue weighted by Crippen LogP contribution is -2.46. The molecule has 1 aromatic heterocycles. The molecule has 1 aliphatic rings. The maximum atomic E-state index is 14.1. The Hall–Kier alpha value is -4.19. The third-order valence-electron chi connectivity index (χ3n) is 6.68. The average Bonchev–Trinajstić information content (AvgIpc) is 3.58. The number of nitrogens with one attached hydrogen (secondary N) is 1. The molecule has 1 fully saturated rings. The van der Waals surface area contributed by atoms with Gasteiger partial charge in [0.15, 0.2) is 5.69 Å². The van der Waals surface area contributed by atoms with Crippen molar-refractivity contribution in [2.45, 2.75) is 44.3 Å². The van der Waals surface area contributed by atoms with Crippen LogP contribution in [-0.2, 0) is 11.3 Å². The van der Waals surface area contributed by atoms with E-state index < -0.39 is 29.6 Å². The van der Waals surface area contributed by atoms with E-state index in [1.807, 2.05) is 0 Å². The first kappa shape index (κ1) is 27.8. The fourth-order valence-electron chi connectivity index (χ4n) is 4.68. The second kappa shape index (κ2) is 12.1. The molecule has 1 aliphatic carbocycles. The molecule has 3 amide bonds. The molecule has 1 heterocycles. The van der Waals surface area contributed by atoms with E-state index in [0.29, 0.717) is 34.2 Å². The molecule has 206 valence electrons. The smallest absolute Gasteiger partial charge is 0.270 e. The molecular formula is C27H30FN5O5S. The number of ether oxygens (including phenoxy) is 2. The third kappa shape index (κ3) is 6.11. The van der Waals surface area contributed by atoms with Crippen LogP contribution in [-0.4, -0.2) is 47.3 Å². The quantitative estimate of drug-likeness (QED) is 0.347. The topological polar surface area (TPSA) is 150 Å². The van der Waals surface area contributed by atoms with Crippen LogP contribution in [0.3, 0.4) is 0 Å². The van der Waals surface area contributed by atoms with E-state index in [1.54, 1.807) is 18.2 Å².